The number of piperazine rings is 1. The third-order valence-corrected chi connectivity index (χ3v) is 5.12. The lowest BCUT2D eigenvalue weighted by molar-refractivity contribution is -0.274. The average Bonchev–Trinajstić information content (AvgIpc) is 2.79. The van der Waals surface area contributed by atoms with Gasteiger partial charge in [0.1, 0.15) is 17.2 Å². The van der Waals surface area contributed by atoms with E-state index in [9.17, 15) is 27.6 Å². The van der Waals surface area contributed by atoms with Gasteiger partial charge in [0.15, 0.2) is 0 Å². The van der Waals surface area contributed by atoms with Crippen LogP contribution in [0, 0.1) is 0 Å². The predicted molar refractivity (Wildman–Crippen MR) is 129 cm³/mol. The molecule has 1 aliphatic heterocycles. The standard InChI is InChI=1S/C23H25ClF3N5O5/c1-22(2,3)37-21(35)32-10-8-31(9-11-32)20(34)29-17-6-5-15(36-23(25,26)27)12-16(17)19(33)30-18-7-4-14(24)13-28-18/h4-7,12-13H,8-11H2,1-3H3,(H,29,34)(H,28,30,33). The number of rotatable bonds is 4. The molecule has 1 aliphatic rings. The van der Waals surface area contributed by atoms with E-state index < -0.39 is 35.7 Å². The smallest absolute Gasteiger partial charge is 0.444 e. The minimum Gasteiger partial charge on any atom is -0.444 e. The van der Waals surface area contributed by atoms with Crippen LogP contribution in [0.15, 0.2) is 36.5 Å². The van der Waals surface area contributed by atoms with Crippen molar-refractivity contribution >= 4 is 41.1 Å². The lowest BCUT2D eigenvalue weighted by atomic mass is 10.1. The number of aromatic nitrogens is 1. The molecule has 0 saturated carbocycles. The number of nitrogens with zero attached hydrogens (tertiary/aromatic N) is 3. The molecule has 1 aromatic heterocycles. The zero-order valence-electron chi connectivity index (χ0n) is 20.2. The van der Waals surface area contributed by atoms with Crippen LogP contribution in [0.2, 0.25) is 5.02 Å². The summed E-state index contributed by atoms with van der Waals surface area (Å²) in [6.45, 7) is 6.03. The minimum atomic E-state index is -4.98. The van der Waals surface area contributed by atoms with Crippen LogP contribution in [-0.2, 0) is 4.74 Å². The number of carbonyl (C=O) groups excluding carboxylic acids is 3. The molecule has 0 unspecified atom stereocenters. The molecule has 1 saturated heterocycles. The van der Waals surface area contributed by atoms with Gasteiger partial charge in [0.05, 0.1) is 16.3 Å². The Kier molecular flexibility index (Phi) is 8.36. The molecule has 0 bridgehead atoms. The van der Waals surface area contributed by atoms with Gasteiger partial charge in [0, 0.05) is 32.4 Å². The molecule has 2 heterocycles. The van der Waals surface area contributed by atoms with Gasteiger partial charge >= 0.3 is 18.5 Å². The molecule has 37 heavy (non-hydrogen) atoms. The summed E-state index contributed by atoms with van der Waals surface area (Å²) in [6, 6.07) is 5.22. The van der Waals surface area contributed by atoms with Gasteiger partial charge < -0.3 is 29.9 Å². The summed E-state index contributed by atoms with van der Waals surface area (Å²) in [5, 5.41) is 5.30. The van der Waals surface area contributed by atoms with Crippen LogP contribution >= 0.6 is 11.6 Å². The number of hydrogen-bond acceptors (Lipinski definition) is 6. The Balaban J connectivity index is 1.73. The van der Waals surface area contributed by atoms with Crippen molar-refractivity contribution in [3.8, 4) is 5.75 Å². The van der Waals surface area contributed by atoms with Crippen molar-refractivity contribution in [3.05, 3.63) is 47.1 Å². The van der Waals surface area contributed by atoms with E-state index in [-0.39, 0.29) is 43.2 Å². The number of anilines is 2. The van der Waals surface area contributed by atoms with E-state index >= 15 is 0 Å². The highest BCUT2D eigenvalue weighted by molar-refractivity contribution is 6.30. The van der Waals surface area contributed by atoms with Crippen LogP contribution in [0.25, 0.3) is 0 Å². The van der Waals surface area contributed by atoms with Crippen LogP contribution in [0.4, 0.5) is 34.3 Å². The lowest BCUT2D eigenvalue weighted by Gasteiger charge is -2.35. The fraction of sp³-hybridized carbons (Fsp3) is 0.391. The molecule has 3 rings (SSSR count). The van der Waals surface area contributed by atoms with Crippen molar-refractivity contribution in [2.75, 3.05) is 36.8 Å². The second-order valence-electron chi connectivity index (χ2n) is 8.96. The molecule has 14 heteroatoms. The Bertz CT molecular complexity index is 1150. The van der Waals surface area contributed by atoms with Gasteiger partial charge in [-0.3, -0.25) is 4.79 Å². The van der Waals surface area contributed by atoms with Gasteiger partial charge in [-0.1, -0.05) is 11.6 Å². The number of ether oxygens (including phenoxy) is 2. The Morgan fingerprint density at radius 1 is 0.973 bits per heavy atom. The molecule has 0 spiro atoms. The maximum Gasteiger partial charge on any atom is 0.573 e. The molecule has 1 aromatic carbocycles. The third kappa shape index (κ3) is 8.41. The van der Waals surface area contributed by atoms with E-state index in [4.69, 9.17) is 16.3 Å². The largest absolute Gasteiger partial charge is 0.573 e. The van der Waals surface area contributed by atoms with E-state index in [1.54, 1.807) is 20.8 Å². The summed E-state index contributed by atoms with van der Waals surface area (Å²) >= 11 is 5.78. The number of urea groups is 1. The Labute approximate surface area is 215 Å². The van der Waals surface area contributed by atoms with Crippen molar-refractivity contribution in [3.63, 3.8) is 0 Å². The van der Waals surface area contributed by atoms with E-state index in [1.807, 2.05) is 0 Å². The predicted octanol–water partition coefficient (Wildman–Crippen LogP) is 4.97. The summed E-state index contributed by atoms with van der Waals surface area (Å²) in [5.74, 6) is -1.40. The summed E-state index contributed by atoms with van der Waals surface area (Å²) in [6.07, 6.45) is -4.20. The molecular formula is C23H25ClF3N5O5. The van der Waals surface area contributed by atoms with Gasteiger partial charge in [-0.25, -0.2) is 14.6 Å². The molecular weight excluding hydrogens is 519 g/mol. The minimum absolute atomic E-state index is 0.0550. The average molecular weight is 544 g/mol. The maximum absolute atomic E-state index is 12.9. The summed E-state index contributed by atoms with van der Waals surface area (Å²) in [5.41, 5.74) is -1.01. The number of carbonyl (C=O) groups is 3. The SMILES string of the molecule is CC(C)(C)OC(=O)N1CCN(C(=O)Nc2ccc(OC(F)(F)F)cc2C(=O)Nc2ccc(Cl)cn2)CC1. The van der Waals surface area contributed by atoms with Gasteiger partial charge in [-0.15, -0.1) is 13.2 Å². The van der Waals surface area contributed by atoms with E-state index in [0.29, 0.717) is 5.02 Å². The van der Waals surface area contributed by atoms with E-state index in [1.165, 1.54) is 28.1 Å². The monoisotopic (exact) mass is 543 g/mol. The second kappa shape index (κ2) is 11.1. The molecule has 10 nitrogen and oxygen atoms in total. The maximum atomic E-state index is 12.9. The normalized spacial score (nSPS) is 14.1. The first-order valence-corrected chi connectivity index (χ1v) is 11.4. The van der Waals surface area contributed by atoms with Gasteiger partial charge in [0.2, 0.25) is 0 Å². The molecule has 2 aromatic rings. The molecule has 0 radical (unpaired) electrons. The zero-order valence-corrected chi connectivity index (χ0v) is 20.9. The Hall–Kier alpha value is -3.74. The van der Waals surface area contributed by atoms with Crippen LogP contribution in [0.5, 0.6) is 5.75 Å². The van der Waals surface area contributed by atoms with Crippen molar-refractivity contribution in [2.45, 2.75) is 32.7 Å². The van der Waals surface area contributed by atoms with Crippen LogP contribution in [-0.4, -0.2) is 71.0 Å². The van der Waals surface area contributed by atoms with E-state index in [2.05, 4.69) is 20.4 Å². The molecule has 4 amide bonds. The molecule has 200 valence electrons. The number of halogens is 4. The molecule has 0 aliphatic carbocycles. The third-order valence-electron chi connectivity index (χ3n) is 4.90. The number of amides is 4. The first-order valence-electron chi connectivity index (χ1n) is 11.1. The van der Waals surface area contributed by atoms with Gasteiger partial charge in [0.25, 0.3) is 5.91 Å². The quantitative estimate of drug-likeness (QED) is 0.563. The highest BCUT2D eigenvalue weighted by atomic mass is 35.5. The highest BCUT2D eigenvalue weighted by Gasteiger charge is 2.32. The lowest BCUT2D eigenvalue weighted by Crippen LogP contribution is -2.52. The van der Waals surface area contributed by atoms with Crippen molar-refractivity contribution in [1.82, 2.24) is 14.8 Å². The van der Waals surface area contributed by atoms with Gasteiger partial charge in [-0.2, -0.15) is 0 Å². The van der Waals surface area contributed by atoms with Crippen LogP contribution in [0.3, 0.4) is 0 Å². The number of alkyl halides is 3. The van der Waals surface area contributed by atoms with Crippen molar-refractivity contribution < 1.29 is 37.0 Å². The number of nitrogens with one attached hydrogen (secondary N) is 2. The fourth-order valence-electron chi connectivity index (χ4n) is 3.26. The van der Waals surface area contributed by atoms with Crippen LogP contribution < -0.4 is 15.4 Å². The number of benzene rings is 1. The first kappa shape index (κ1) is 27.8. The van der Waals surface area contributed by atoms with Crippen molar-refractivity contribution in [2.24, 2.45) is 0 Å². The molecule has 2 N–H and O–H groups in total. The summed E-state index contributed by atoms with van der Waals surface area (Å²) in [7, 11) is 0. The fourth-order valence-corrected chi connectivity index (χ4v) is 3.38. The van der Waals surface area contributed by atoms with Crippen molar-refractivity contribution in [1.29, 1.82) is 0 Å². The zero-order chi connectivity index (χ0) is 27.4. The summed E-state index contributed by atoms with van der Waals surface area (Å²) in [4.78, 5) is 44.8. The second-order valence-corrected chi connectivity index (χ2v) is 9.39. The van der Waals surface area contributed by atoms with E-state index in [0.717, 1.165) is 18.2 Å². The highest BCUT2D eigenvalue weighted by Crippen LogP contribution is 2.28. The Morgan fingerprint density at radius 3 is 2.19 bits per heavy atom. The molecule has 0 atom stereocenters. The van der Waals surface area contributed by atoms with Gasteiger partial charge in [-0.05, 0) is 51.1 Å². The summed E-state index contributed by atoms with van der Waals surface area (Å²) < 4.78 is 47.4. The number of pyridine rings is 1. The first-order chi connectivity index (χ1) is 17.2. The number of hydrogen-bond donors (Lipinski definition) is 2. The topological polar surface area (TPSA) is 113 Å². The molecule has 1 fully saturated rings. The van der Waals surface area contributed by atoms with Crippen LogP contribution in [0.1, 0.15) is 31.1 Å². The Morgan fingerprint density at radius 2 is 1.62 bits per heavy atom.